The molecule has 6 nitrogen and oxygen atoms in total. The van der Waals surface area contributed by atoms with Gasteiger partial charge in [0, 0.05) is 23.5 Å². The van der Waals surface area contributed by atoms with Crippen LogP contribution in [0.2, 0.25) is 0 Å². The summed E-state index contributed by atoms with van der Waals surface area (Å²) in [5.41, 5.74) is 3.71. The van der Waals surface area contributed by atoms with Gasteiger partial charge in [0.25, 0.3) is 5.91 Å². The molecule has 1 N–H and O–H groups in total. The number of benzene rings is 1. The van der Waals surface area contributed by atoms with Crippen LogP contribution >= 0.6 is 0 Å². The SMILES string of the molecule is O=C(N/N=C\c1cccc2c1OCCO2)c1ccncc1. The molecular formula is C15H13N3O3. The molecule has 0 bridgehead atoms. The van der Waals surface area contributed by atoms with Gasteiger partial charge in [0.1, 0.15) is 13.2 Å². The first-order chi connectivity index (χ1) is 10.3. The molecular weight excluding hydrogens is 270 g/mol. The molecule has 1 aliphatic rings. The number of carbonyl (C=O) groups excluding carboxylic acids is 1. The van der Waals surface area contributed by atoms with Crippen molar-refractivity contribution in [3.8, 4) is 11.5 Å². The summed E-state index contributed by atoms with van der Waals surface area (Å²) in [6.07, 6.45) is 4.64. The molecule has 0 aliphatic carbocycles. The smallest absolute Gasteiger partial charge is 0.271 e. The van der Waals surface area contributed by atoms with Crippen molar-refractivity contribution in [2.75, 3.05) is 13.2 Å². The summed E-state index contributed by atoms with van der Waals surface area (Å²) in [5.74, 6) is 1.03. The molecule has 1 aromatic carbocycles. The lowest BCUT2D eigenvalue weighted by atomic mass is 10.2. The van der Waals surface area contributed by atoms with E-state index in [2.05, 4.69) is 15.5 Å². The maximum absolute atomic E-state index is 11.8. The number of hydrogen-bond acceptors (Lipinski definition) is 5. The molecule has 2 aromatic rings. The average Bonchev–Trinajstić information content (AvgIpc) is 2.56. The zero-order chi connectivity index (χ0) is 14.5. The first kappa shape index (κ1) is 13.1. The van der Waals surface area contributed by atoms with Crippen LogP contribution in [0.25, 0.3) is 0 Å². The number of hydrazone groups is 1. The van der Waals surface area contributed by atoms with Crippen LogP contribution in [0.1, 0.15) is 15.9 Å². The van der Waals surface area contributed by atoms with E-state index in [1.807, 2.05) is 18.2 Å². The van der Waals surface area contributed by atoms with E-state index in [1.165, 1.54) is 6.21 Å². The Kier molecular flexibility index (Phi) is 3.77. The number of aromatic nitrogens is 1. The van der Waals surface area contributed by atoms with Gasteiger partial charge in [-0.3, -0.25) is 9.78 Å². The van der Waals surface area contributed by atoms with Gasteiger partial charge >= 0.3 is 0 Å². The fraction of sp³-hybridized carbons (Fsp3) is 0.133. The molecule has 0 atom stereocenters. The third-order valence-electron chi connectivity index (χ3n) is 2.91. The summed E-state index contributed by atoms with van der Waals surface area (Å²) in [6.45, 7) is 1.04. The number of nitrogens with zero attached hydrogens (tertiary/aromatic N) is 2. The van der Waals surface area contributed by atoms with Crippen LogP contribution in [-0.2, 0) is 0 Å². The Morgan fingerprint density at radius 3 is 2.86 bits per heavy atom. The minimum atomic E-state index is -0.296. The number of para-hydroxylation sites is 1. The second-order valence-corrected chi connectivity index (χ2v) is 4.31. The standard InChI is InChI=1S/C15H13N3O3/c19-15(11-4-6-16-7-5-11)18-17-10-12-2-1-3-13-14(12)21-9-8-20-13/h1-7,10H,8-9H2,(H,18,19)/b17-10-. The highest BCUT2D eigenvalue weighted by atomic mass is 16.6. The summed E-state index contributed by atoms with van der Waals surface area (Å²) in [5, 5.41) is 3.95. The molecule has 0 saturated carbocycles. The zero-order valence-corrected chi connectivity index (χ0v) is 11.2. The maximum atomic E-state index is 11.8. The number of rotatable bonds is 3. The molecule has 0 fully saturated rings. The normalized spacial score (nSPS) is 13.1. The summed E-state index contributed by atoms with van der Waals surface area (Å²) in [4.78, 5) is 15.7. The van der Waals surface area contributed by atoms with E-state index in [0.717, 1.165) is 5.56 Å². The predicted octanol–water partition coefficient (Wildman–Crippen LogP) is 1.62. The van der Waals surface area contributed by atoms with Crippen LogP contribution in [0.3, 0.4) is 0 Å². The lowest BCUT2D eigenvalue weighted by Gasteiger charge is -2.19. The van der Waals surface area contributed by atoms with Gasteiger partial charge in [-0.15, -0.1) is 0 Å². The van der Waals surface area contributed by atoms with Crippen molar-refractivity contribution in [3.63, 3.8) is 0 Å². The highest BCUT2D eigenvalue weighted by Crippen LogP contribution is 2.32. The Bertz CT molecular complexity index is 671. The highest BCUT2D eigenvalue weighted by Gasteiger charge is 2.14. The zero-order valence-electron chi connectivity index (χ0n) is 11.2. The maximum Gasteiger partial charge on any atom is 0.271 e. The van der Waals surface area contributed by atoms with Crippen molar-refractivity contribution in [2.24, 2.45) is 5.10 Å². The van der Waals surface area contributed by atoms with E-state index < -0.39 is 0 Å². The first-order valence-electron chi connectivity index (χ1n) is 6.46. The molecule has 1 aliphatic heterocycles. The van der Waals surface area contributed by atoms with E-state index >= 15 is 0 Å². The molecule has 21 heavy (non-hydrogen) atoms. The van der Waals surface area contributed by atoms with E-state index in [1.54, 1.807) is 24.5 Å². The van der Waals surface area contributed by atoms with E-state index in [0.29, 0.717) is 30.3 Å². The van der Waals surface area contributed by atoms with Crippen molar-refractivity contribution in [1.82, 2.24) is 10.4 Å². The fourth-order valence-corrected chi connectivity index (χ4v) is 1.93. The van der Waals surface area contributed by atoms with Gasteiger partial charge in [0.05, 0.1) is 6.21 Å². The number of fused-ring (bicyclic) bond motifs is 1. The minimum Gasteiger partial charge on any atom is -0.486 e. The van der Waals surface area contributed by atoms with E-state index in [4.69, 9.17) is 9.47 Å². The molecule has 1 aromatic heterocycles. The molecule has 0 unspecified atom stereocenters. The quantitative estimate of drug-likeness (QED) is 0.686. The van der Waals surface area contributed by atoms with Crippen molar-refractivity contribution in [1.29, 1.82) is 0 Å². The van der Waals surface area contributed by atoms with Crippen LogP contribution in [0.4, 0.5) is 0 Å². The average molecular weight is 283 g/mol. The number of carbonyl (C=O) groups is 1. The van der Waals surface area contributed by atoms with Gasteiger partial charge in [0.15, 0.2) is 11.5 Å². The van der Waals surface area contributed by atoms with Crippen LogP contribution < -0.4 is 14.9 Å². The third-order valence-corrected chi connectivity index (χ3v) is 2.91. The van der Waals surface area contributed by atoms with Gasteiger partial charge in [0.2, 0.25) is 0 Å². The Morgan fingerprint density at radius 2 is 2.00 bits per heavy atom. The number of hydrogen-bond donors (Lipinski definition) is 1. The topological polar surface area (TPSA) is 72.8 Å². The molecule has 106 valence electrons. The first-order valence-corrected chi connectivity index (χ1v) is 6.46. The molecule has 2 heterocycles. The summed E-state index contributed by atoms with van der Waals surface area (Å²) < 4.78 is 11.0. The van der Waals surface area contributed by atoms with Gasteiger partial charge in [-0.2, -0.15) is 5.10 Å². The van der Waals surface area contributed by atoms with Crippen molar-refractivity contribution < 1.29 is 14.3 Å². The highest BCUT2D eigenvalue weighted by molar-refractivity contribution is 5.95. The van der Waals surface area contributed by atoms with Crippen molar-refractivity contribution in [3.05, 3.63) is 53.9 Å². The van der Waals surface area contributed by atoms with Crippen molar-refractivity contribution in [2.45, 2.75) is 0 Å². The van der Waals surface area contributed by atoms with Gasteiger partial charge < -0.3 is 9.47 Å². The monoisotopic (exact) mass is 283 g/mol. The van der Waals surface area contributed by atoms with Gasteiger partial charge in [-0.25, -0.2) is 5.43 Å². The molecule has 0 saturated heterocycles. The van der Waals surface area contributed by atoms with Crippen molar-refractivity contribution >= 4 is 12.1 Å². The Hall–Kier alpha value is -2.89. The lowest BCUT2D eigenvalue weighted by Crippen LogP contribution is -2.18. The van der Waals surface area contributed by atoms with E-state index in [-0.39, 0.29) is 5.91 Å². The summed E-state index contributed by atoms with van der Waals surface area (Å²) in [6, 6.07) is 8.76. The second kappa shape index (κ2) is 6.04. The minimum absolute atomic E-state index is 0.296. The summed E-state index contributed by atoms with van der Waals surface area (Å²) >= 11 is 0. The third kappa shape index (κ3) is 3.00. The molecule has 0 spiro atoms. The van der Waals surface area contributed by atoms with E-state index in [9.17, 15) is 4.79 Å². The fourth-order valence-electron chi connectivity index (χ4n) is 1.93. The largest absolute Gasteiger partial charge is 0.486 e. The van der Waals surface area contributed by atoms with Crippen LogP contribution in [0, 0.1) is 0 Å². The number of ether oxygens (including phenoxy) is 2. The molecule has 3 rings (SSSR count). The summed E-state index contributed by atoms with van der Waals surface area (Å²) in [7, 11) is 0. The Labute approximate surface area is 121 Å². The van der Waals surface area contributed by atoms with Crippen LogP contribution in [0.5, 0.6) is 11.5 Å². The molecule has 0 radical (unpaired) electrons. The van der Waals surface area contributed by atoms with Gasteiger partial charge in [-0.05, 0) is 24.3 Å². The Balaban J connectivity index is 1.71. The predicted molar refractivity (Wildman–Crippen MR) is 76.7 cm³/mol. The molecule has 6 heteroatoms. The number of pyridine rings is 1. The van der Waals surface area contributed by atoms with Crippen LogP contribution in [-0.4, -0.2) is 30.3 Å². The number of amides is 1. The van der Waals surface area contributed by atoms with Gasteiger partial charge in [-0.1, -0.05) is 6.07 Å². The lowest BCUT2D eigenvalue weighted by molar-refractivity contribution is 0.0955. The second-order valence-electron chi connectivity index (χ2n) is 4.31. The van der Waals surface area contributed by atoms with Crippen LogP contribution in [0.15, 0.2) is 47.8 Å². The number of nitrogens with one attached hydrogen (secondary N) is 1. The Morgan fingerprint density at radius 1 is 1.19 bits per heavy atom. The molecule has 1 amide bonds.